The van der Waals surface area contributed by atoms with Gasteiger partial charge in [0.1, 0.15) is 0 Å². The zero-order valence-corrected chi connectivity index (χ0v) is 11.9. The molecule has 0 aromatic heterocycles. The summed E-state index contributed by atoms with van der Waals surface area (Å²) in [5, 5.41) is 0. The highest BCUT2D eigenvalue weighted by Gasteiger charge is 2.02. The van der Waals surface area contributed by atoms with Gasteiger partial charge < -0.3 is 4.74 Å². The van der Waals surface area contributed by atoms with Crippen LogP contribution in [0.15, 0.2) is 30.3 Å². The van der Waals surface area contributed by atoms with Gasteiger partial charge in [0.05, 0.1) is 12.2 Å². The van der Waals surface area contributed by atoms with Gasteiger partial charge in [0.25, 0.3) is 0 Å². The summed E-state index contributed by atoms with van der Waals surface area (Å²) in [6.45, 7) is 6.71. The van der Waals surface area contributed by atoms with Crippen LogP contribution in [0.3, 0.4) is 0 Å². The first kappa shape index (κ1) is 16.7. The predicted octanol–water partition coefficient (Wildman–Crippen LogP) is 4.84. The van der Waals surface area contributed by atoms with Crippen molar-refractivity contribution in [2.24, 2.45) is 0 Å². The van der Waals surface area contributed by atoms with Crippen LogP contribution in [0.25, 0.3) is 0 Å². The highest BCUT2D eigenvalue weighted by Crippen LogP contribution is 2.00. The fourth-order valence-electron chi connectivity index (χ4n) is 1.47. The van der Waals surface area contributed by atoms with Gasteiger partial charge in [0.15, 0.2) is 0 Å². The van der Waals surface area contributed by atoms with Crippen LogP contribution in [0.1, 0.15) is 63.2 Å². The second-order valence-electron chi connectivity index (χ2n) is 4.15. The normalized spacial score (nSPS) is 9.28. The number of hydrogen-bond acceptors (Lipinski definition) is 2. The zero-order chi connectivity index (χ0) is 13.6. The van der Waals surface area contributed by atoms with Gasteiger partial charge in [-0.05, 0) is 19.1 Å². The fourth-order valence-corrected chi connectivity index (χ4v) is 1.47. The minimum atomic E-state index is -0.256. The number of esters is 1. The number of benzene rings is 1. The van der Waals surface area contributed by atoms with Crippen LogP contribution in [0.4, 0.5) is 0 Å². The molecule has 2 heteroatoms. The van der Waals surface area contributed by atoms with Gasteiger partial charge in [0, 0.05) is 0 Å². The Hall–Kier alpha value is -1.31. The molecule has 0 fully saturated rings. The molecule has 0 aliphatic carbocycles. The van der Waals surface area contributed by atoms with Gasteiger partial charge in [0.2, 0.25) is 0 Å². The second kappa shape index (κ2) is 12.2. The molecule has 18 heavy (non-hydrogen) atoms. The van der Waals surface area contributed by atoms with Gasteiger partial charge >= 0.3 is 5.97 Å². The van der Waals surface area contributed by atoms with E-state index >= 15 is 0 Å². The lowest BCUT2D eigenvalue weighted by Gasteiger charge is -1.99. The van der Waals surface area contributed by atoms with E-state index in [1.807, 2.05) is 18.2 Å². The van der Waals surface area contributed by atoms with Crippen molar-refractivity contribution < 1.29 is 9.53 Å². The summed E-state index contributed by atoms with van der Waals surface area (Å²) in [4.78, 5) is 11.0. The van der Waals surface area contributed by atoms with E-state index < -0.39 is 0 Å². The van der Waals surface area contributed by atoms with Crippen LogP contribution in [0, 0.1) is 0 Å². The first-order valence-corrected chi connectivity index (χ1v) is 6.98. The minimum Gasteiger partial charge on any atom is -0.462 e. The molecule has 1 rings (SSSR count). The van der Waals surface area contributed by atoms with Crippen molar-refractivity contribution in [2.45, 2.75) is 52.9 Å². The Kier molecular flexibility index (Phi) is 11.3. The highest BCUT2D eigenvalue weighted by atomic mass is 16.5. The molecule has 0 N–H and O–H groups in total. The number of carbonyl (C=O) groups is 1. The van der Waals surface area contributed by atoms with E-state index in [1.54, 1.807) is 19.1 Å². The molecule has 102 valence electrons. The quantitative estimate of drug-likeness (QED) is 0.533. The van der Waals surface area contributed by atoms with Gasteiger partial charge in [-0.15, -0.1) is 0 Å². The molecule has 1 aromatic carbocycles. The molecule has 0 atom stereocenters. The van der Waals surface area contributed by atoms with E-state index in [0.717, 1.165) is 0 Å². The maximum Gasteiger partial charge on any atom is 0.338 e. The summed E-state index contributed by atoms with van der Waals surface area (Å²) in [5.41, 5.74) is 0.606. The van der Waals surface area contributed by atoms with Gasteiger partial charge in [-0.2, -0.15) is 0 Å². The molecular weight excluding hydrogens is 224 g/mol. The van der Waals surface area contributed by atoms with Crippen LogP contribution in [-0.4, -0.2) is 12.6 Å². The van der Waals surface area contributed by atoms with Gasteiger partial charge in [-0.3, -0.25) is 0 Å². The summed E-state index contributed by atoms with van der Waals surface area (Å²) in [5.74, 6) is -0.256. The van der Waals surface area contributed by atoms with E-state index in [-0.39, 0.29) is 5.97 Å². The summed E-state index contributed by atoms with van der Waals surface area (Å²) in [7, 11) is 0. The van der Waals surface area contributed by atoms with E-state index in [0.29, 0.717) is 12.2 Å². The monoisotopic (exact) mass is 250 g/mol. The van der Waals surface area contributed by atoms with Gasteiger partial charge in [-0.25, -0.2) is 4.79 Å². The number of ether oxygens (including phenoxy) is 1. The Labute approximate surface area is 111 Å². The molecule has 0 heterocycles. The lowest BCUT2D eigenvalue weighted by atomic mass is 10.2. The average Bonchev–Trinajstić information content (AvgIpc) is 2.41. The number of unbranched alkanes of at least 4 members (excludes halogenated alkanes) is 4. The molecule has 1 aromatic rings. The van der Waals surface area contributed by atoms with Crippen LogP contribution in [-0.2, 0) is 4.74 Å². The first-order chi connectivity index (χ1) is 8.76. The number of carbonyl (C=O) groups excluding carboxylic acids is 1. The first-order valence-electron chi connectivity index (χ1n) is 6.98. The molecule has 0 radical (unpaired) electrons. The number of hydrogen-bond donors (Lipinski definition) is 0. The molecule has 0 amide bonds. The highest BCUT2D eigenvalue weighted by molar-refractivity contribution is 5.89. The summed E-state index contributed by atoms with van der Waals surface area (Å²) < 4.78 is 4.79. The number of rotatable bonds is 6. The van der Waals surface area contributed by atoms with Crippen molar-refractivity contribution in [3.05, 3.63) is 35.9 Å². The predicted molar refractivity (Wildman–Crippen MR) is 76.8 cm³/mol. The summed E-state index contributed by atoms with van der Waals surface area (Å²) in [6.07, 6.45) is 7.01. The molecule has 2 nitrogen and oxygen atoms in total. The molecule has 0 aliphatic rings. The standard InChI is InChI=1S/C9H10O2.C7H16/c1-2-11-9(10)8-6-4-3-5-7-8;1-3-5-7-6-4-2/h3-7H,2H2,1H3;3-7H2,1-2H3. The maximum atomic E-state index is 11.0. The minimum absolute atomic E-state index is 0.256. The van der Waals surface area contributed by atoms with Crippen LogP contribution in [0.2, 0.25) is 0 Å². The average molecular weight is 250 g/mol. The SMILES string of the molecule is CCCCCCC.CCOC(=O)c1ccccc1. The second-order valence-corrected chi connectivity index (χ2v) is 4.15. The molecule has 0 saturated carbocycles. The Morgan fingerprint density at radius 1 is 0.944 bits per heavy atom. The molecule has 0 aliphatic heterocycles. The third kappa shape index (κ3) is 8.80. The lowest BCUT2D eigenvalue weighted by Crippen LogP contribution is -2.03. The van der Waals surface area contributed by atoms with Crippen LogP contribution >= 0.6 is 0 Å². The van der Waals surface area contributed by atoms with E-state index in [4.69, 9.17) is 4.74 Å². The van der Waals surface area contributed by atoms with E-state index in [9.17, 15) is 4.79 Å². The molecule has 0 saturated heterocycles. The fraction of sp³-hybridized carbons (Fsp3) is 0.562. The molecule has 0 unspecified atom stereocenters. The van der Waals surface area contributed by atoms with E-state index in [1.165, 1.54) is 32.1 Å². The van der Waals surface area contributed by atoms with Gasteiger partial charge in [-0.1, -0.05) is 64.2 Å². The Bertz CT molecular complexity index is 289. The smallest absolute Gasteiger partial charge is 0.338 e. The van der Waals surface area contributed by atoms with Crippen molar-refractivity contribution in [1.29, 1.82) is 0 Å². The largest absolute Gasteiger partial charge is 0.462 e. The Balaban J connectivity index is 0.000000360. The Morgan fingerprint density at radius 2 is 1.50 bits per heavy atom. The zero-order valence-electron chi connectivity index (χ0n) is 11.9. The molecule has 0 spiro atoms. The molecule has 0 bridgehead atoms. The van der Waals surface area contributed by atoms with E-state index in [2.05, 4.69) is 13.8 Å². The third-order valence-corrected chi connectivity index (χ3v) is 2.49. The lowest BCUT2D eigenvalue weighted by molar-refractivity contribution is 0.0526. The summed E-state index contributed by atoms with van der Waals surface area (Å²) >= 11 is 0. The van der Waals surface area contributed by atoms with Crippen molar-refractivity contribution >= 4 is 5.97 Å². The van der Waals surface area contributed by atoms with Crippen LogP contribution < -0.4 is 0 Å². The molecular formula is C16H26O2. The van der Waals surface area contributed by atoms with Crippen molar-refractivity contribution in [1.82, 2.24) is 0 Å². The summed E-state index contributed by atoms with van der Waals surface area (Å²) in [6, 6.07) is 8.96. The topological polar surface area (TPSA) is 26.3 Å². The van der Waals surface area contributed by atoms with Crippen molar-refractivity contribution in [3.8, 4) is 0 Å². The van der Waals surface area contributed by atoms with Crippen molar-refractivity contribution in [2.75, 3.05) is 6.61 Å². The Morgan fingerprint density at radius 3 is 1.94 bits per heavy atom. The van der Waals surface area contributed by atoms with Crippen molar-refractivity contribution in [3.63, 3.8) is 0 Å². The van der Waals surface area contributed by atoms with Crippen LogP contribution in [0.5, 0.6) is 0 Å². The third-order valence-electron chi connectivity index (χ3n) is 2.49. The maximum absolute atomic E-state index is 11.0.